The summed E-state index contributed by atoms with van der Waals surface area (Å²) in [6.45, 7) is 8.86. The number of hydrogen-bond donors (Lipinski definition) is 1. The molecule has 1 N–H and O–H groups in total. The van der Waals surface area contributed by atoms with E-state index >= 15 is 0 Å². The zero-order chi connectivity index (χ0) is 28.7. The molecule has 208 valence electrons. The van der Waals surface area contributed by atoms with Crippen molar-refractivity contribution < 1.29 is 18.0 Å². The van der Waals surface area contributed by atoms with Gasteiger partial charge in [-0.15, -0.1) is 0 Å². The minimum absolute atomic E-state index is 0.0557. The van der Waals surface area contributed by atoms with Crippen LogP contribution in [-0.2, 0) is 26.2 Å². The Morgan fingerprint density at radius 2 is 1.56 bits per heavy atom. The standard InChI is InChI=1S/C30H36ClN3O4S/c1-6-23(4)32-30(36)24(5)33(19-25-13-11-10-12-21(25)2)29(35)20-34(28-17-16-26(31)18-22(28)3)39(37,38)27-14-8-7-9-15-27/h7-18,23-24H,6,19-20H2,1-5H3,(H,32,36). The summed E-state index contributed by atoms with van der Waals surface area (Å²) in [6, 6.07) is 19.5. The zero-order valence-corrected chi connectivity index (χ0v) is 24.6. The van der Waals surface area contributed by atoms with Gasteiger partial charge in [-0.3, -0.25) is 13.9 Å². The summed E-state index contributed by atoms with van der Waals surface area (Å²) in [5, 5.41) is 3.40. The lowest BCUT2D eigenvalue weighted by Gasteiger charge is -2.33. The van der Waals surface area contributed by atoms with Crippen LogP contribution in [0.5, 0.6) is 0 Å². The number of sulfonamides is 1. The second kappa shape index (κ2) is 13.1. The molecular weight excluding hydrogens is 534 g/mol. The molecule has 2 amide bonds. The molecule has 0 aliphatic heterocycles. The molecule has 0 aliphatic rings. The van der Waals surface area contributed by atoms with Crippen LogP contribution in [0.2, 0.25) is 5.02 Å². The van der Waals surface area contributed by atoms with Gasteiger partial charge >= 0.3 is 0 Å². The first kappa shape index (κ1) is 30.2. The summed E-state index contributed by atoms with van der Waals surface area (Å²) < 4.78 is 28.8. The highest BCUT2D eigenvalue weighted by atomic mass is 35.5. The smallest absolute Gasteiger partial charge is 0.264 e. The van der Waals surface area contributed by atoms with Gasteiger partial charge in [-0.25, -0.2) is 8.42 Å². The molecule has 2 atom stereocenters. The van der Waals surface area contributed by atoms with Gasteiger partial charge < -0.3 is 10.2 Å². The van der Waals surface area contributed by atoms with Gasteiger partial charge in [0.1, 0.15) is 12.6 Å². The monoisotopic (exact) mass is 569 g/mol. The Hall–Kier alpha value is -3.36. The molecule has 3 aromatic carbocycles. The van der Waals surface area contributed by atoms with Gasteiger partial charge in [0, 0.05) is 17.6 Å². The molecule has 0 heterocycles. The molecular formula is C30H36ClN3O4S. The quantitative estimate of drug-likeness (QED) is 0.331. The average molecular weight is 570 g/mol. The molecule has 3 rings (SSSR count). The van der Waals surface area contributed by atoms with Gasteiger partial charge in [-0.2, -0.15) is 0 Å². The highest BCUT2D eigenvalue weighted by Crippen LogP contribution is 2.29. The fourth-order valence-corrected chi connectivity index (χ4v) is 5.88. The Morgan fingerprint density at radius 1 is 0.923 bits per heavy atom. The van der Waals surface area contributed by atoms with Crippen molar-refractivity contribution in [1.82, 2.24) is 10.2 Å². The number of nitrogens with one attached hydrogen (secondary N) is 1. The van der Waals surface area contributed by atoms with Crippen LogP contribution in [0.4, 0.5) is 5.69 Å². The van der Waals surface area contributed by atoms with Crippen LogP contribution in [0.15, 0.2) is 77.7 Å². The van der Waals surface area contributed by atoms with Gasteiger partial charge in [0.2, 0.25) is 11.8 Å². The van der Waals surface area contributed by atoms with E-state index in [4.69, 9.17) is 11.6 Å². The van der Waals surface area contributed by atoms with E-state index in [0.29, 0.717) is 16.3 Å². The molecule has 0 saturated carbocycles. The number of hydrogen-bond acceptors (Lipinski definition) is 4. The van der Waals surface area contributed by atoms with E-state index in [-0.39, 0.29) is 23.4 Å². The number of carbonyl (C=O) groups is 2. The summed E-state index contributed by atoms with van der Waals surface area (Å²) in [5.74, 6) is -0.801. The Morgan fingerprint density at radius 3 is 2.18 bits per heavy atom. The van der Waals surface area contributed by atoms with Gasteiger partial charge in [0.25, 0.3) is 10.0 Å². The minimum atomic E-state index is -4.13. The van der Waals surface area contributed by atoms with Crippen molar-refractivity contribution in [2.45, 2.75) is 64.6 Å². The molecule has 0 bridgehead atoms. The number of aryl methyl sites for hydroxylation is 2. The Kier molecular flexibility index (Phi) is 10.2. The summed E-state index contributed by atoms with van der Waals surface area (Å²) >= 11 is 6.16. The van der Waals surface area contributed by atoms with Crippen LogP contribution in [-0.4, -0.2) is 43.8 Å². The first-order valence-corrected chi connectivity index (χ1v) is 14.8. The molecule has 39 heavy (non-hydrogen) atoms. The molecule has 0 fully saturated rings. The number of carbonyl (C=O) groups excluding carboxylic acids is 2. The number of rotatable bonds is 11. The molecule has 7 nitrogen and oxygen atoms in total. The van der Waals surface area contributed by atoms with Crippen molar-refractivity contribution in [3.05, 3.63) is 94.5 Å². The van der Waals surface area contributed by atoms with E-state index in [1.54, 1.807) is 50.2 Å². The van der Waals surface area contributed by atoms with E-state index in [1.807, 2.05) is 45.0 Å². The van der Waals surface area contributed by atoms with E-state index < -0.39 is 28.5 Å². The SMILES string of the molecule is CCC(C)NC(=O)C(C)N(Cc1ccccc1C)C(=O)CN(c1ccc(Cl)cc1C)S(=O)(=O)c1ccccc1. The van der Waals surface area contributed by atoms with Crippen molar-refractivity contribution in [2.75, 3.05) is 10.8 Å². The normalized spacial score (nSPS) is 12.9. The molecule has 0 radical (unpaired) electrons. The van der Waals surface area contributed by atoms with E-state index in [1.165, 1.54) is 17.0 Å². The highest BCUT2D eigenvalue weighted by Gasteiger charge is 2.33. The molecule has 0 aromatic heterocycles. The Labute approximate surface area is 236 Å². The van der Waals surface area contributed by atoms with Crippen molar-refractivity contribution >= 4 is 39.1 Å². The van der Waals surface area contributed by atoms with Crippen molar-refractivity contribution in [3.63, 3.8) is 0 Å². The van der Waals surface area contributed by atoms with Gasteiger partial charge in [0.15, 0.2) is 0 Å². The van der Waals surface area contributed by atoms with Crippen molar-refractivity contribution in [2.24, 2.45) is 0 Å². The number of benzene rings is 3. The predicted molar refractivity (Wildman–Crippen MR) is 156 cm³/mol. The predicted octanol–water partition coefficient (Wildman–Crippen LogP) is 5.48. The third-order valence-electron chi connectivity index (χ3n) is 6.81. The van der Waals surface area contributed by atoms with Crippen LogP contribution in [0.1, 0.15) is 43.9 Å². The Bertz CT molecular complexity index is 1410. The maximum atomic E-state index is 14.0. The number of anilines is 1. The zero-order valence-electron chi connectivity index (χ0n) is 23.0. The molecule has 0 aliphatic carbocycles. The van der Waals surface area contributed by atoms with Gasteiger partial charge in [-0.1, -0.05) is 61.0 Å². The first-order chi connectivity index (χ1) is 18.4. The fraction of sp³-hybridized carbons (Fsp3) is 0.333. The minimum Gasteiger partial charge on any atom is -0.352 e. The fourth-order valence-electron chi connectivity index (χ4n) is 4.15. The van der Waals surface area contributed by atoms with Crippen LogP contribution >= 0.6 is 11.6 Å². The summed E-state index contributed by atoms with van der Waals surface area (Å²) in [7, 11) is -4.13. The second-order valence-electron chi connectivity index (χ2n) is 9.70. The third-order valence-corrected chi connectivity index (χ3v) is 8.82. The average Bonchev–Trinajstić information content (AvgIpc) is 2.91. The molecule has 0 spiro atoms. The van der Waals surface area contributed by atoms with Gasteiger partial charge in [-0.05, 0) is 81.1 Å². The number of amides is 2. The topological polar surface area (TPSA) is 86.8 Å². The second-order valence-corrected chi connectivity index (χ2v) is 12.0. The largest absolute Gasteiger partial charge is 0.352 e. The third kappa shape index (κ3) is 7.40. The van der Waals surface area contributed by atoms with Crippen molar-refractivity contribution in [3.8, 4) is 0 Å². The molecule has 0 saturated heterocycles. The lowest BCUT2D eigenvalue weighted by atomic mass is 10.1. The number of nitrogens with zero attached hydrogens (tertiary/aromatic N) is 2. The maximum Gasteiger partial charge on any atom is 0.264 e. The van der Waals surface area contributed by atoms with E-state index in [9.17, 15) is 18.0 Å². The maximum absolute atomic E-state index is 14.0. The molecule has 2 unspecified atom stereocenters. The van der Waals surface area contributed by atoms with Crippen LogP contribution in [0, 0.1) is 13.8 Å². The van der Waals surface area contributed by atoms with Gasteiger partial charge in [0.05, 0.1) is 10.6 Å². The van der Waals surface area contributed by atoms with Crippen LogP contribution < -0.4 is 9.62 Å². The summed E-state index contributed by atoms with van der Waals surface area (Å²) in [5.41, 5.74) is 2.77. The van der Waals surface area contributed by atoms with Crippen LogP contribution in [0.25, 0.3) is 0 Å². The number of halogens is 1. The molecule has 3 aromatic rings. The highest BCUT2D eigenvalue weighted by molar-refractivity contribution is 7.92. The van der Waals surface area contributed by atoms with E-state index in [0.717, 1.165) is 21.9 Å². The lowest BCUT2D eigenvalue weighted by molar-refractivity contribution is -0.139. The van der Waals surface area contributed by atoms with Crippen LogP contribution in [0.3, 0.4) is 0 Å². The first-order valence-electron chi connectivity index (χ1n) is 12.9. The summed E-state index contributed by atoms with van der Waals surface area (Å²) in [4.78, 5) is 28.7. The van der Waals surface area contributed by atoms with E-state index in [2.05, 4.69) is 5.32 Å². The Balaban J connectivity index is 2.06. The summed E-state index contributed by atoms with van der Waals surface area (Å²) in [6.07, 6.45) is 0.739. The van der Waals surface area contributed by atoms with Crippen molar-refractivity contribution in [1.29, 1.82) is 0 Å². The molecule has 9 heteroatoms. The lowest BCUT2D eigenvalue weighted by Crippen LogP contribution is -2.52.